The number of nitro groups is 1. The van der Waals surface area contributed by atoms with Crippen LogP contribution in [0.4, 0.5) is 10.1 Å². The summed E-state index contributed by atoms with van der Waals surface area (Å²) in [6.07, 6.45) is 0. The number of halogens is 1. The lowest BCUT2D eigenvalue weighted by atomic mass is 10.1. The predicted octanol–water partition coefficient (Wildman–Crippen LogP) is 0.681. The van der Waals surface area contributed by atoms with Gasteiger partial charge in [0.2, 0.25) is 5.91 Å². The van der Waals surface area contributed by atoms with Crippen molar-refractivity contribution in [3.63, 3.8) is 0 Å². The first-order chi connectivity index (χ1) is 8.86. The Bertz CT molecular complexity index is 533. The summed E-state index contributed by atoms with van der Waals surface area (Å²) in [7, 11) is 0. The topological polar surface area (TPSA) is 107 Å². The van der Waals surface area contributed by atoms with E-state index in [4.69, 9.17) is 5.73 Å². The molecule has 0 aliphatic heterocycles. The summed E-state index contributed by atoms with van der Waals surface area (Å²) >= 11 is 0. The van der Waals surface area contributed by atoms with Gasteiger partial charge >= 0.3 is 0 Å². The number of rotatable bonds is 5. The fraction of sp³-hybridized carbons (Fsp3) is 0.273. The van der Waals surface area contributed by atoms with E-state index in [1.807, 2.05) is 0 Å². The van der Waals surface area contributed by atoms with Crippen LogP contribution in [-0.2, 0) is 4.79 Å². The number of nitrogens with zero attached hydrogens (tertiary/aromatic N) is 2. The zero-order valence-electron chi connectivity index (χ0n) is 10.1. The highest BCUT2D eigenvalue weighted by atomic mass is 19.1. The summed E-state index contributed by atoms with van der Waals surface area (Å²) in [4.78, 5) is 33.6. The molecule has 19 heavy (non-hydrogen) atoms. The third-order valence-corrected chi connectivity index (χ3v) is 2.41. The molecule has 0 radical (unpaired) electrons. The average molecular weight is 269 g/mol. The number of nitrogens with two attached hydrogens (primary N) is 1. The number of nitro benzene ring substituents is 1. The Morgan fingerprint density at radius 2 is 2.11 bits per heavy atom. The lowest BCUT2D eigenvalue weighted by Gasteiger charge is -2.19. The van der Waals surface area contributed by atoms with Gasteiger partial charge in [-0.1, -0.05) is 0 Å². The molecule has 1 aromatic rings. The predicted molar refractivity (Wildman–Crippen MR) is 63.8 cm³/mol. The van der Waals surface area contributed by atoms with E-state index in [2.05, 4.69) is 0 Å². The third-order valence-electron chi connectivity index (χ3n) is 2.41. The van der Waals surface area contributed by atoms with Crippen molar-refractivity contribution in [1.29, 1.82) is 0 Å². The Morgan fingerprint density at radius 1 is 1.47 bits per heavy atom. The Morgan fingerprint density at radius 3 is 2.58 bits per heavy atom. The van der Waals surface area contributed by atoms with Gasteiger partial charge < -0.3 is 10.6 Å². The van der Waals surface area contributed by atoms with Crippen LogP contribution in [0.25, 0.3) is 0 Å². The fourth-order valence-corrected chi connectivity index (χ4v) is 1.48. The van der Waals surface area contributed by atoms with Crippen LogP contribution in [0, 0.1) is 15.9 Å². The van der Waals surface area contributed by atoms with E-state index in [1.165, 1.54) is 0 Å². The number of likely N-dealkylation sites (N-methyl/N-ethyl adjacent to an activating group) is 1. The minimum atomic E-state index is -0.890. The first-order valence-electron chi connectivity index (χ1n) is 5.38. The van der Waals surface area contributed by atoms with Crippen LogP contribution >= 0.6 is 0 Å². The molecular weight excluding hydrogens is 257 g/mol. The zero-order valence-corrected chi connectivity index (χ0v) is 10.1. The van der Waals surface area contributed by atoms with Crippen molar-refractivity contribution in [1.82, 2.24) is 4.90 Å². The van der Waals surface area contributed by atoms with E-state index in [0.717, 1.165) is 23.1 Å². The molecule has 7 nitrogen and oxygen atoms in total. The molecule has 0 fully saturated rings. The van der Waals surface area contributed by atoms with Crippen molar-refractivity contribution in [2.24, 2.45) is 5.73 Å². The highest BCUT2D eigenvalue weighted by Crippen LogP contribution is 2.18. The monoisotopic (exact) mass is 269 g/mol. The molecule has 0 spiro atoms. The van der Waals surface area contributed by atoms with Gasteiger partial charge in [0.25, 0.3) is 11.6 Å². The van der Waals surface area contributed by atoms with Gasteiger partial charge in [0, 0.05) is 18.7 Å². The second-order valence-electron chi connectivity index (χ2n) is 3.71. The standard InChI is InChI=1S/C11H12FN3O4/c1-2-14(6-10(13)16)11(17)8-5-7(15(18)19)3-4-9(8)12/h3-5H,2,6H2,1H3,(H2,13,16). The third kappa shape index (κ3) is 3.47. The zero-order chi connectivity index (χ0) is 14.6. The molecule has 0 heterocycles. The maximum Gasteiger partial charge on any atom is 0.270 e. The SMILES string of the molecule is CCN(CC(N)=O)C(=O)c1cc([N+](=O)[O-])ccc1F. The molecule has 2 amide bonds. The maximum absolute atomic E-state index is 13.5. The summed E-state index contributed by atoms with van der Waals surface area (Å²) in [6, 6.07) is 2.63. The minimum Gasteiger partial charge on any atom is -0.368 e. The number of carbonyl (C=O) groups is 2. The van der Waals surface area contributed by atoms with E-state index < -0.39 is 33.8 Å². The lowest BCUT2D eigenvalue weighted by molar-refractivity contribution is -0.384. The number of primary amides is 1. The summed E-state index contributed by atoms with van der Waals surface area (Å²) in [5, 5.41) is 10.6. The van der Waals surface area contributed by atoms with Crippen LogP contribution in [0.3, 0.4) is 0 Å². The highest BCUT2D eigenvalue weighted by molar-refractivity contribution is 5.97. The number of non-ortho nitro benzene ring substituents is 1. The number of carbonyl (C=O) groups excluding carboxylic acids is 2. The van der Waals surface area contributed by atoms with Gasteiger partial charge in [0.05, 0.1) is 17.0 Å². The summed E-state index contributed by atoms with van der Waals surface area (Å²) in [5.74, 6) is -2.46. The lowest BCUT2D eigenvalue weighted by Crippen LogP contribution is -2.38. The molecule has 0 bridgehead atoms. The van der Waals surface area contributed by atoms with Crippen LogP contribution in [-0.4, -0.2) is 34.7 Å². The number of benzene rings is 1. The molecule has 0 aliphatic carbocycles. The first kappa shape index (κ1) is 14.6. The van der Waals surface area contributed by atoms with Gasteiger partial charge in [0.1, 0.15) is 5.82 Å². The molecule has 1 rings (SSSR count). The van der Waals surface area contributed by atoms with Gasteiger partial charge in [-0.3, -0.25) is 19.7 Å². The van der Waals surface area contributed by atoms with Gasteiger partial charge in [0.15, 0.2) is 0 Å². The molecule has 0 saturated carbocycles. The molecule has 0 unspecified atom stereocenters. The summed E-state index contributed by atoms with van der Waals surface area (Å²) in [5.41, 5.74) is 4.10. The van der Waals surface area contributed by atoms with Gasteiger partial charge in [-0.2, -0.15) is 0 Å². The van der Waals surface area contributed by atoms with Crippen LogP contribution in [0.5, 0.6) is 0 Å². The van der Waals surface area contributed by atoms with Crippen molar-refractivity contribution in [3.8, 4) is 0 Å². The van der Waals surface area contributed by atoms with Crippen LogP contribution in [0.1, 0.15) is 17.3 Å². The molecule has 0 aliphatic rings. The largest absolute Gasteiger partial charge is 0.368 e. The second kappa shape index (κ2) is 5.89. The van der Waals surface area contributed by atoms with E-state index in [1.54, 1.807) is 6.92 Å². The normalized spacial score (nSPS) is 10.0. The molecule has 0 saturated heterocycles. The van der Waals surface area contributed by atoms with E-state index >= 15 is 0 Å². The van der Waals surface area contributed by atoms with Gasteiger partial charge in [-0.25, -0.2) is 4.39 Å². The Hall–Kier alpha value is -2.51. The smallest absolute Gasteiger partial charge is 0.270 e. The minimum absolute atomic E-state index is 0.129. The summed E-state index contributed by atoms with van der Waals surface area (Å²) < 4.78 is 13.5. The van der Waals surface area contributed by atoms with Crippen LogP contribution in [0.2, 0.25) is 0 Å². The number of amides is 2. The highest BCUT2D eigenvalue weighted by Gasteiger charge is 2.22. The molecular formula is C11H12FN3O4. The Kier molecular flexibility index (Phi) is 4.51. The number of hydrogen-bond acceptors (Lipinski definition) is 4. The molecule has 8 heteroatoms. The molecule has 0 atom stereocenters. The second-order valence-corrected chi connectivity index (χ2v) is 3.71. The quantitative estimate of drug-likeness (QED) is 0.626. The molecule has 1 aromatic carbocycles. The number of hydrogen-bond donors (Lipinski definition) is 1. The maximum atomic E-state index is 13.5. The average Bonchev–Trinajstić information content (AvgIpc) is 2.35. The fourth-order valence-electron chi connectivity index (χ4n) is 1.48. The Balaban J connectivity index is 3.13. The van der Waals surface area contributed by atoms with Crippen LogP contribution in [0.15, 0.2) is 18.2 Å². The van der Waals surface area contributed by atoms with Gasteiger partial charge in [-0.15, -0.1) is 0 Å². The van der Waals surface area contributed by atoms with Crippen molar-refractivity contribution in [3.05, 3.63) is 39.7 Å². The first-order valence-corrected chi connectivity index (χ1v) is 5.38. The Labute approximate surface area is 107 Å². The van der Waals surface area contributed by atoms with Crippen molar-refractivity contribution < 1.29 is 18.9 Å². The summed E-state index contributed by atoms with van der Waals surface area (Å²) in [6.45, 7) is 1.33. The van der Waals surface area contributed by atoms with E-state index in [-0.39, 0.29) is 13.1 Å². The van der Waals surface area contributed by atoms with Gasteiger partial charge in [-0.05, 0) is 13.0 Å². The molecule has 102 valence electrons. The van der Waals surface area contributed by atoms with Crippen LogP contribution < -0.4 is 5.73 Å². The van der Waals surface area contributed by atoms with E-state index in [9.17, 15) is 24.1 Å². The van der Waals surface area contributed by atoms with Crippen molar-refractivity contribution in [2.75, 3.05) is 13.1 Å². The molecule has 0 aromatic heterocycles. The molecule has 2 N–H and O–H groups in total. The van der Waals surface area contributed by atoms with Crippen molar-refractivity contribution in [2.45, 2.75) is 6.92 Å². The van der Waals surface area contributed by atoms with E-state index in [0.29, 0.717) is 0 Å². The van der Waals surface area contributed by atoms with Crippen molar-refractivity contribution >= 4 is 17.5 Å².